The first-order chi connectivity index (χ1) is 17.0. The molecule has 4 aliphatic rings. The molecule has 0 spiro atoms. The number of rotatable bonds is 4. The van der Waals surface area contributed by atoms with Crippen LogP contribution < -0.4 is 0 Å². The molecular weight excluding hydrogens is 456 g/mol. The van der Waals surface area contributed by atoms with Crippen LogP contribution in [0.15, 0.2) is 48.1 Å². The van der Waals surface area contributed by atoms with E-state index in [1.165, 1.54) is 11.6 Å². The molecule has 36 heavy (non-hydrogen) atoms. The lowest BCUT2D eigenvalue weighted by molar-refractivity contribution is -0.277. The van der Waals surface area contributed by atoms with Crippen molar-refractivity contribution in [2.75, 3.05) is 0 Å². The lowest BCUT2D eigenvalue weighted by Crippen LogP contribution is -2.71. The van der Waals surface area contributed by atoms with Crippen molar-refractivity contribution in [1.82, 2.24) is 0 Å². The Balaban J connectivity index is 1.53. The molecule has 3 saturated carbocycles. The van der Waals surface area contributed by atoms with Crippen LogP contribution in [0, 0.1) is 22.7 Å². The lowest BCUT2D eigenvalue weighted by Gasteiger charge is -2.64. The molecule has 3 fully saturated rings. The highest BCUT2D eigenvalue weighted by Gasteiger charge is 2.76. The fourth-order valence-electron chi connectivity index (χ4n) is 8.37. The zero-order chi connectivity index (χ0) is 25.9. The summed E-state index contributed by atoms with van der Waals surface area (Å²) >= 11 is 0. The Morgan fingerprint density at radius 3 is 2.53 bits per heavy atom. The van der Waals surface area contributed by atoms with E-state index in [2.05, 4.69) is 13.0 Å². The summed E-state index contributed by atoms with van der Waals surface area (Å²) in [6, 6.07) is 9.48. The molecule has 0 saturated heterocycles. The minimum absolute atomic E-state index is 0.0373. The monoisotopic (exact) mass is 496 g/mol. The largest absolute Gasteiger partial charge is 0.458 e. The summed E-state index contributed by atoms with van der Waals surface area (Å²) in [5.41, 5.74) is -2.24. The molecule has 0 bridgehead atoms. The van der Waals surface area contributed by atoms with Crippen LogP contribution in [0.3, 0.4) is 0 Å². The van der Waals surface area contributed by atoms with Gasteiger partial charge in [-0.25, -0.2) is 4.79 Å². The highest BCUT2D eigenvalue weighted by atomic mass is 16.5. The molecule has 196 valence electrons. The molecule has 6 heteroatoms. The molecule has 1 aromatic carbocycles. The van der Waals surface area contributed by atoms with Crippen molar-refractivity contribution in [3.8, 4) is 0 Å². The Kier molecular flexibility index (Phi) is 6.27. The van der Waals surface area contributed by atoms with Gasteiger partial charge in [-0.2, -0.15) is 0 Å². The van der Waals surface area contributed by atoms with Crippen LogP contribution in [0.2, 0.25) is 0 Å². The van der Waals surface area contributed by atoms with E-state index in [9.17, 15) is 25.2 Å². The Morgan fingerprint density at radius 2 is 1.83 bits per heavy atom. The highest BCUT2D eigenvalue weighted by Crippen LogP contribution is 2.69. The summed E-state index contributed by atoms with van der Waals surface area (Å²) in [5.74, 6) is -0.620. The molecule has 0 aliphatic heterocycles. The summed E-state index contributed by atoms with van der Waals surface area (Å²) in [6.07, 6.45) is 6.93. The van der Waals surface area contributed by atoms with Crippen molar-refractivity contribution < 1.29 is 30.0 Å². The van der Waals surface area contributed by atoms with Gasteiger partial charge in [-0.05, 0) is 80.8 Å². The zero-order valence-corrected chi connectivity index (χ0v) is 21.6. The number of aliphatic hydroxyl groups is 4. The molecule has 6 nitrogen and oxygen atoms in total. The van der Waals surface area contributed by atoms with Crippen LogP contribution in [0.4, 0.5) is 0 Å². The van der Waals surface area contributed by atoms with Crippen LogP contribution in [-0.4, -0.2) is 55.9 Å². The van der Waals surface area contributed by atoms with Gasteiger partial charge in [-0.1, -0.05) is 55.8 Å². The van der Waals surface area contributed by atoms with Crippen LogP contribution in [0.1, 0.15) is 71.3 Å². The van der Waals surface area contributed by atoms with E-state index in [1.807, 2.05) is 30.3 Å². The third-order valence-electron chi connectivity index (χ3n) is 10.7. The van der Waals surface area contributed by atoms with Gasteiger partial charge in [-0.15, -0.1) is 0 Å². The maximum absolute atomic E-state index is 13.1. The van der Waals surface area contributed by atoms with Gasteiger partial charge in [0, 0.05) is 6.08 Å². The Labute approximate surface area is 213 Å². The van der Waals surface area contributed by atoms with Crippen LogP contribution >= 0.6 is 0 Å². The number of hydrogen-bond acceptors (Lipinski definition) is 6. The van der Waals surface area contributed by atoms with E-state index in [0.717, 1.165) is 12.0 Å². The maximum atomic E-state index is 13.1. The average Bonchev–Trinajstić information content (AvgIpc) is 3.08. The predicted molar refractivity (Wildman–Crippen MR) is 137 cm³/mol. The summed E-state index contributed by atoms with van der Waals surface area (Å²) < 4.78 is 6.11. The van der Waals surface area contributed by atoms with Crippen LogP contribution in [-0.2, 0) is 9.53 Å². The minimum Gasteiger partial charge on any atom is -0.458 e. The zero-order valence-electron chi connectivity index (χ0n) is 21.6. The number of ether oxygens (including phenoxy) is 1. The van der Waals surface area contributed by atoms with E-state index < -0.39 is 34.8 Å². The SMILES string of the molecule is CC(O)C1(O)CCC2(O)C3CC=C4CC(O)CCC4(C)C3CC(OC(=O)C=Cc3ccccc3)C12C. The van der Waals surface area contributed by atoms with Gasteiger partial charge < -0.3 is 25.2 Å². The number of allylic oxidation sites excluding steroid dienone is 1. The van der Waals surface area contributed by atoms with Gasteiger partial charge in [-0.3, -0.25) is 0 Å². The van der Waals surface area contributed by atoms with Gasteiger partial charge >= 0.3 is 5.97 Å². The average molecular weight is 497 g/mol. The Bertz CT molecular complexity index is 1060. The molecule has 4 aliphatic carbocycles. The molecule has 0 heterocycles. The van der Waals surface area contributed by atoms with Crippen molar-refractivity contribution in [3.63, 3.8) is 0 Å². The summed E-state index contributed by atoms with van der Waals surface area (Å²) in [6.45, 7) is 5.57. The van der Waals surface area contributed by atoms with E-state index in [4.69, 9.17) is 4.74 Å². The van der Waals surface area contributed by atoms with E-state index in [1.54, 1.807) is 19.9 Å². The van der Waals surface area contributed by atoms with Gasteiger partial charge in [0.1, 0.15) is 11.7 Å². The summed E-state index contributed by atoms with van der Waals surface area (Å²) in [5, 5.41) is 45.3. The standard InChI is InChI=1S/C30H40O6/c1-19(31)29(34)15-16-30(35)23-11-10-21-17-22(32)13-14-27(21,2)24(23)18-25(28(29,30)3)36-26(33)12-9-20-7-5-4-6-8-20/h4-10,12,19,22-25,31-32,34-35H,11,13-18H2,1-3H3. The van der Waals surface area contributed by atoms with Crippen molar-refractivity contribution in [2.45, 2.75) is 95.2 Å². The normalized spacial score (nSPS) is 44.8. The number of carbonyl (C=O) groups is 1. The molecule has 0 aromatic heterocycles. The first kappa shape index (κ1) is 25.7. The second kappa shape index (κ2) is 8.80. The minimum atomic E-state index is -1.59. The van der Waals surface area contributed by atoms with Gasteiger partial charge in [0.25, 0.3) is 0 Å². The summed E-state index contributed by atoms with van der Waals surface area (Å²) in [4.78, 5) is 13.1. The molecule has 0 amide bonds. The van der Waals surface area contributed by atoms with Gasteiger partial charge in [0.05, 0.1) is 23.2 Å². The fourth-order valence-corrected chi connectivity index (χ4v) is 8.37. The highest BCUT2D eigenvalue weighted by molar-refractivity contribution is 5.87. The van der Waals surface area contributed by atoms with Crippen molar-refractivity contribution in [1.29, 1.82) is 0 Å². The molecule has 9 atom stereocenters. The molecule has 9 unspecified atom stereocenters. The Hall–Kier alpha value is -1.99. The van der Waals surface area contributed by atoms with Crippen molar-refractivity contribution >= 4 is 12.0 Å². The second-order valence-corrected chi connectivity index (χ2v) is 12.1. The maximum Gasteiger partial charge on any atom is 0.331 e. The number of esters is 1. The van der Waals surface area contributed by atoms with E-state index >= 15 is 0 Å². The molecular formula is C30H40O6. The third-order valence-corrected chi connectivity index (χ3v) is 10.7. The summed E-state index contributed by atoms with van der Waals surface area (Å²) in [7, 11) is 0. The van der Waals surface area contributed by atoms with Crippen LogP contribution in [0.25, 0.3) is 6.08 Å². The van der Waals surface area contributed by atoms with E-state index in [-0.39, 0.29) is 29.8 Å². The lowest BCUT2D eigenvalue weighted by atomic mass is 9.44. The second-order valence-electron chi connectivity index (χ2n) is 12.1. The quantitative estimate of drug-likeness (QED) is 0.287. The van der Waals surface area contributed by atoms with Crippen LogP contribution in [0.5, 0.6) is 0 Å². The molecule has 1 aromatic rings. The predicted octanol–water partition coefficient (Wildman–Crippen LogP) is 3.77. The number of benzene rings is 1. The van der Waals surface area contributed by atoms with Crippen molar-refractivity contribution in [3.05, 3.63) is 53.6 Å². The first-order valence-electron chi connectivity index (χ1n) is 13.4. The molecule has 0 radical (unpaired) electrons. The first-order valence-corrected chi connectivity index (χ1v) is 13.4. The molecule has 5 rings (SSSR count). The van der Waals surface area contributed by atoms with Crippen molar-refractivity contribution in [2.24, 2.45) is 22.7 Å². The van der Waals surface area contributed by atoms with Gasteiger partial charge in [0.15, 0.2) is 0 Å². The smallest absolute Gasteiger partial charge is 0.331 e. The fraction of sp³-hybridized carbons (Fsp3) is 0.633. The van der Waals surface area contributed by atoms with Gasteiger partial charge in [0.2, 0.25) is 0 Å². The molecule has 4 N–H and O–H groups in total. The number of hydrogen-bond donors (Lipinski definition) is 4. The topological polar surface area (TPSA) is 107 Å². The number of fused-ring (bicyclic) bond motifs is 5. The third kappa shape index (κ3) is 3.56. The Morgan fingerprint density at radius 1 is 1.11 bits per heavy atom. The number of aliphatic hydroxyl groups excluding tert-OH is 2. The number of carbonyl (C=O) groups excluding carboxylic acids is 1. The van der Waals surface area contributed by atoms with E-state index in [0.29, 0.717) is 32.1 Å².